The van der Waals surface area contributed by atoms with Gasteiger partial charge in [0.15, 0.2) is 0 Å². The van der Waals surface area contributed by atoms with Crippen LogP contribution >= 0.6 is 0 Å². The van der Waals surface area contributed by atoms with Crippen molar-refractivity contribution in [2.75, 3.05) is 23.5 Å². The van der Waals surface area contributed by atoms with Gasteiger partial charge in [-0.3, -0.25) is 0 Å². The Kier molecular flexibility index (Phi) is 8.11. The van der Waals surface area contributed by atoms with Crippen molar-refractivity contribution in [1.82, 2.24) is 9.67 Å². The predicted molar refractivity (Wildman–Crippen MR) is 238 cm³/mol. The lowest BCUT2D eigenvalue weighted by Gasteiger charge is -2.46. The second-order valence-electron chi connectivity index (χ2n) is 21.1. The molecule has 58 heavy (non-hydrogen) atoms. The van der Waals surface area contributed by atoms with Gasteiger partial charge in [0.05, 0.1) is 36.2 Å². The Morgan fingerprint density at radius 3 is 1.78 bits per heavy atom. The number of benzene rings is 5. The van der Waals surface area contributed by atoms with E-state index in [2.05, 4.69) is 172 Å². The van der Waals surface area contributed by atoms with Crippen molar-refractivity contribution in [2.45, 2.75) is 110 Å². The quantitative estimate of drug-likeness (QED) is 0.132. The molecule has 6 heteroatoms. The molecule has 0 N–H and O–H groups in total. The highest BCUT2D eigenvalue weighted by Crippen LogP contribution is 2.68. The molecule has 0 atom stereocenters. The topological polar surface area (TPSA) is 37.4 Å². The molecule has 1 aliphatic carbocycles. The van der Waals surface area contributed by atoms with Gasteiger partial charge >= 0.3 is 0 Å². The molecule has 0 bridgehead atoms. The maximum absolute atomic E-state index is 6.80. The monoisotopic (exact) mass is 769 g/mol. The molecule has 6 nitrogen and oxygen atoms in total. The summed E-state index contributed by atoms with van der Waals surface area (Å²) in [5.74, 6) is 1.57. The van der Waals surface area contributed by atoms with Gasteiger partial charge in [0.25, 0.3) is 0 Å². The average molecular weight is 770 g/mol. The van der Waals surface area contributed by atoms with Crippen molar-refractivity contribution in [3.8, 4) is 28.3 Å². The van der Waals surface area contributed by atoms with Gasteiger partial charge in [-0.1, -0.05) is 138 Å². The SMILES string of the molecule is CN1CN2c3cc(Oc4cccc(-n5[c-][n+](C)nc5)c4)ccc3C3(c4cccc1c42)c1c(cc(C(C)(C)C)cc1C(C)(C)C)-c1cc(C(C)(C)C)cc(C(C)(C)C)c13. The van der Waals surface area contributed by atoms with Crippen LogP contribution in [0.15, 0.2) is 91.3 Å². The van der Waals surface area contributed by atoms with Crippen molar-refractivity contribution in [3.63, 3.8) is 0 Å². The van der Waals surface area contributed by atoms with Crippen molar-refractivity contribution in [3.05, 3.63) is 142 Å². The molecule has 3 heterocycles. The average Bonchev–Trinajstić information content (AvgIpc) is 3.81. The number of nitrogens with zero attached hydrogens (tertiary/aromatic N) is 5. The number of aryl methyl sites for hydroxylation is 1. The number of aromatic nitrogens is 3. The van der Waals surface area contributed by atoms with Crippen molar-refractivity contribution < 1.29 is 9.42 Å². The Morgan fingerprint density at radius 1 is 0.638 bits per heavy atom. The molecule has 5 aromatic carbocycles. The van der Waals surface area contributed by atoms with E-state index >= 15 is 0 Å². The fraction of sp³-hybridized carbons (Fsp3) is 0.385. The zero-order chi connectivity index (χ0) is 41.5. The van der Waals surface area contributed by atoms with Gasteiger partial charge in [-0.15, -0.1) is 5.10 Å². The molecule has 0 radical (unpaired) electrons. The zero-order valence-electron chi connectivity index (χ0n) is 37.0. The van der Waals surface area contributed by atoms with Gasteiger partial charge in [-0.05, 0) is 102 Å². The van der Waals surface area contributed by atoms with Gasteiger partial charge in [-0.25, -0.2) is 4.68 Å². The lowest BCUT2D eigenvalue weighted by Crippen LogP contribution is -2.40. The summed E-state index contributed by atoms with van der Waals surface area (Å²) in [5, 5.41) is 4.32. The third-order valence-electron chi connectivity index (χ3n) is 12.7. The number of hydrogen-bond donors (Lipinski definition) is 0. The molecule has 6 aromatic rings. The fourth-order valence-electron chi connectivity index (χ4n) is 9.77. The van der Waals surface area contributed by atoms with Crippen LogP contribution in [-0.4, -0.2) is 23.4 Å². The van der Waals surface area contributed by atoms with Crippen LogP contribution < -0.4 is 19.2 Å². The van der Waals surface area contributed by atoms with Gasteiger partial charge in [-0.2, -0.15) is 0 Å². The first-order valence-corrected chi connectivity index (χ1v) is 20.9. The van der Waals surface area contributed by atoms with E-state index in [9.17, 15) is 0 Å². The summed E-state index contributed by atoms with van der Waals surface area (Å²) in [7, 11) is 4.10. The summed E-state index contributed by atoms with van der Waals surface area (Å²) < 4.78 is 10.4. The predicted octanol–water partition coefficient (Wildman–Crippen LogP) is 11.7. The van der Waals surface area contributed by atoms with Crippen LogP contribution in [0, 0.1) is 6.33 Å². The van der Waals surface area contributed by atoms with Crippen LogP contribution in [0.25, 0.3) is 16.8 Å². The van der Waals surface area contributed by atoms with Crippen LogP contribution in [-0.2, 0) is 34.1 Å². The first-order chi connectivity index (χ1) is 27.1. The molecule has 0 saturated carbocycles. The van der Waals surface area contributed by atoms with Gasteiger partial charge < -0.3 is 19.1 Å². The van der Waals surface area contributed by atoms with Crippen LogP contribution in [0.2, 0.25) is 0 Å². The minimum atomic E-state index is -0.587. The molecule has 0 saturated heterocycles. The van der Waals surface area contributed by atoms with Gasteiger partial charge in [0, 0.05) is 18.8 Å². The van der Waals surface area contributed by atoms with Gasteiger partial charge in [0.2, 0.25) is 6.33 Å². The molecular formula is C52H59N5O. The van der Waals surface area contributed by atoms with E-state index in [1.54, 1.807) is 11.0 Å². The number of hydrogen-bond acceptors (Lipinski definition) is 4. The van der Waals surface area contributed by atoms with E-state index in [0.717, 1.165) is 23.9 Å². The lowest BCUT2D eigenvalue weighted by molar-refractivity contribution is -0.732. The molecule has 298 valence electrons. The first kappa shape index (κ1) is 38.2. The highest BCUT2D eigenvalue weighted by Gasteiger charge is 2.57. The maximum Gasteiger partial charge on any atom is 0.233 e. The standard InChI is InChI=1S/C52H59N5O/c1-48(2,3)32-23-37-38-24-33(49(4,5)6)26-42(51(10,11)12)46(38)52(45(37)41(25-32)50(7,8)9)39-22-21-36(58-35-18-15-17-34(27-35)56-29-53-55(14)31-56)28-44(39)57-30-54(13)43-20-16-19-40(52)47(43)57/h15-29H,30H2,1-14H3. The summed E-state index contributed by atoms with van der Waals surface area (Å²) in [5.41, 5.74) is 17.6. The van der Waals surface area contributed by atoms with Crippen molar-refractivity contribution in [1.29, 1.82) is 0 Å². The lowest BCUT2D eigenvalue weighted by atomic mass is 9.59. The Labute approximate surface area is 346 Å². The molecule has 0 amide bonds. The van der Waals surface area contributed by atoms with Crippen LogP contribution in [0.3, 0.4) is 0 Å². The number of fused-ring (bicyclic) bond motifs is 9. The Morgan fingerprint density at radius 2 is 1.22 bits per heavy atom. The molecule has 3 aliphatic rings. The Hall–Kier alpha value is -5.36. The normalized spacial score (nSPS) is 15.4. The van der Waals surface area contributed by atoms with Crippen LogP contribution in [0.4, 0.5) is 17.1 Å². The molecule has 0 unspecified atom stereocenters. The summed E-state index contributed by atoms with van der Waals surface area (Å²) in [6.45, 7) is 29.3. The van der Waals surface area contributed by atoms with E-state index in [-0.39, 0.29) is 21.7 Å². The first-order valence-electron chi connectivity index (χ1n) is 20.9. The molecule has 0 fully saturated rings. The largest absolute Gasteiger partial charge is 0.458 e. The zero-order valence-corrected chi connectivity index (χ0v) is 37.0. The van der Waals surface area contributed by atoms with E-state index in [0.29, 0.717) is 0 Å². The number of anilines is 3. The summed E-state index contributed by atoms with van der Waals surface area (Å²) in [6.07, 6.45) is 4.97. The molecule has 1 spiro atoms. The minimum Gasteiger partial charge on any atom is -0.458 e. The molecule has 9 rings (SSSR count). The van der Waals surface area contributed by atoms with Crippen molar-refractivity contribution in [2.24, 2.45) is 7.05 Å². The van der Waals surface area contributed by atoms with Crippen LogP contribution in [0.5, 0.6) is 11.5 Å². The fourth-order valence-corrected chi connectivity index (χ4v) is 9.77. The van der Waals surface area contributed by atoms with Crippen LogP contribution in [0.1, 0.15) is 128 Å². The maximum atomic E-state index is 6.80. The molecule has 2 aliphatic heterocycles. The third-order valence-corrected chi connectivity index (χ3v) is 12.7. The van der Waals surface area contributed by atoms with Gasteiger partial charge in [0.1, 0.15) is 17.8 Å². The number of para-hydroxylation sites is 1. The Balaban J connectivity index is 1.40. The molecular weight excluding hydrogens is 711 g/mol. The summed E-state index contributed by atoms with van der Waals surface area (Å²) >= 11 is 0. The van der Waals surface area contributed by atoms with E-state index in [1.807, 2.05) is 35.9 Å². The minimum absolute atomic E-state index is 0.0332. The van der Waals surface area contributed by atoms with E-state index < -0.39 is 5.41 Å². The van der Waals surface area contributed by atoms with Crippen molar-refractivity contribution >= 4 is 17.1 Å². The second-order valence-corrected chi connectivity index (χ2v) is 21.1. The van der Waals surface area contributed by atoms with E-state index in [4.69, 9.17) is 4.74 Å². The Bertz CT molecular complexity index is 2570. The third kappa shape index (κ3) is 5.65. The van der Waals surface area contributed by atoms with E-state index in [1.165, 1.54) is 72.7 Å². The highest BCUT2D eigenvalue weighted by atomic mass is 16.5. The smallest absolute Gasteiger partial charge is 0.233 e. The summed E-state index contributed by atoms with van der Waals surface area (Å²) in [6, 6.07) is 32.3. The second kappa shape index (κ2) is 12.3. The number of rotatable bonds is 3. The molecule has 1 aromatic heterocycles. The summed E-state index contributed by atoms with van der Waals surface area (Å²) in [4.78, 5) is 4.94. The highest BCUT2D eigenvalue weighted by molar-refractivity contribution is 6.00. The number of ether oxygens (including phenoxy) is 1.